The fourth-order valence-electron chi connectivity index (χ4n) is 2.22. The molecule has 0 aliphatic carbocycles. The Morgan fingerprint density at radius 3 is 2.76 bits per heavy atom. The molecule has 0 fully saturated rings. The van der Waals surface area contributed by atoms with Gasteiger partial charge in [-0.3, -0.25) is 4.98 Å². The van der Waals surface area contributed by atoms with Crippen molar-refractivity contribution < 1.29 is 0 Å². The van der Waals surface area contributed by atoms with Gasteiger partial charge in [0.05, 0.1) is 5.39 Å². The Bertz CT molecular complexity index is 779. The molecule has 0 unspecified atom stereocenters. The van der Waals surface area contributed by atoms with Gasteiger partial charge in [-0.15, -0.1) is 11.3 Å². The maximum absolute atomic E-state index is 4.70. The van der Waals surface area contributed by atoms with Gasteiger partial charge in [0.25, 0.3) is 0 Å². The number of nitrogens with zero attached hydrogens (tertiary/aromatic N) is 3. The summed E-state index contributed by atoms with van der Waals surface area (Å²) >= 11 is 1.73. The highest BCUT2D eigenvalue weighted by molar-refractivity contribution is 7.18. The van der Waals surface area contributed by atoms with E-state index in [1.54, 1.807) is 17.5 Å². The van der Waals surface area contributed by atoms with Gasteiger partial charge in [-0.2, -0.15) is 0 Å². The van der Waals surface area contributed by atoms with E-state index >= 15 is 0 Å². The summed E-state index contributed by atoms with van der Waals surface area (Å²) in [6.45, 7) is 7.12. The fourth-order valence-corrected chi connectivity index (χ4v) is 3.19. The molecule has 3 aromatic heterocycles. The van der Waals surface area contributed by atoms with Gasteiger partial charge in [-0.25, -0.2) is 9.97 Å². The second-order valence-corrected chi connectivity index (χ2v) is 6.04. The van der Waals surface area contributed by atoms with Crippen molar-refractivity contribution in [2.24, 2.45) is 0 Å². The van der Waals surface area contributed by atoms with Crippen LogP contribution in [0, 0.1) is 6.92 Å². The second-order valence-electron chi connectivity index (χ2n) is 4.93. The van der Waals surface area contributed by atoms with Crippen molar-refractivity contribution in [1.82, 2.24) is 15.0 Å². The Kier molecular flexibility index (Phi) is 3.84. The lowest BCUT2D eigenvalue weighted by atomic mass is 10.2. The molecule has 0 aromatic carbocycles. The highest BCUT2D eigenvalue weighted by Crippen LogP contribution is 2.31. The molecule has 3 heterocycles. The number of nitrogens with one attached hydrogen (secondary N) is 1. The molecule has 21 heavy (non-hydrogen) atoms. The first-order valence-electron chi connectivity index (χ1n) is 7.18. The van der Waals surface area contributed by atoms with Gasteiger partial charge < -0.3 is 5.32 Å². The lowest BCUT2D eigenvalue weighted by molar-refractivity contribution is 1.13. The number of fused-ring (bicyclic) bond motifs is 1. The van der Waals surface area contributed by atoms with E-state index in [1.165, 1.54) is 4.88 Å². The van der Waals surface area contributed by atoms with Crippen LogP contribution >= 0.6 is 11.3 Å². The van der Waals surface area contributed by atoms with Crippen LogP contribution < -0.4 is 5.32 Å². The number of pyridine rings is 1. The van der Waals surface area contributed by atoms with Crippen LogP contribution in [0.5, 0.6) is 0 Å². The Morgan fingerprint density at radius 2 is 2.05 bits per heavy atom. The smallest absolute Gasteiger partial charge is 0.181 e. The topological polar surface area (TPSA) is 50.7 Å². The molecule has 108 valence electrons. The monoisotopic (exact) mass is 298 g/mol. The first kappa shape index (κ1) is 13.9. The van der Waals surface area contributed by atoms with Gasteiger partial charge in [-0.1, -0.05) is 6.92 Å². The van der Waals surface area contributed by atoms with E-state index in [4.69, 9.17) is 4.98 Å². The molecule has 5 heteroatoms. The minimum absolute atomic E-state index is 0.687. The summed E-state index contributed by atoms with van der Waals surface area (Å²) in [7, 11) is 0. The van der Waals surface area contributed by atoms with Gasteiger partial charge in [0, 0.05) is 17.6 Å². The zero-order valence-electron chi connectivity index (χ0n) is 12.5. The maximum atomic E-state index is 4.70. The summed E-state index contributed by atoms with van der Waals surface area (Å²) in [5.74, 6) is 1.59. The molecule has 0 aliphatic rings. The Labute approximate surface area is 128 Å². The summed E-state index contributed by atoms with van der Waals surface area (Å²) < 4.78 is 0. The van der Waals surface area contributed by atoms with Crippen molar-refractivity contribution in [2.75, 3.05) is 11.9 Å². The highest BCUT2D eigenvalue weighted by Gasteiger charge is 2.12. The number of rotatable bonds is 4. The lowest BCUT2D eigenvalue weighted by Gasteiger charge is -2.07. The molecule has 0 radical (unpaired) electrons. The predicted octanol–water partition coefficient (Wildman–Crippen LogP) is 4.06. The van der Waals surface area contributed by atoms with Crippen molar-refractivity contribution in [1.29, 1.82) is 0 Å². The molecular weight excluding hydrogens is 280 g/mol. The van der Waals surface area contributed by atoms with Crippen molar-refractivity contribution in [3.8, 4) is 11.5 Å². The van der Waals surface area contributed by atoms with Crippen LogP contribution in [0.15, 0.2) is 24.4 Å². The third-order valence-electron chi connectivity index (χ3n) is 3.28. The standard InChI is InChI=1S/C16H18N4S/c1-4-11-9-12-14(17-5-2)19-15(20-16(12)21-11)13-8-10(3)6-7-18-13/h6-9H,4-5H2,1-3H3,(H,17,19,20). The number of hydrogen-bond acceptors (Lipinski definition) is 5. The average Bonchev–Trinajstić information content (AvgIpc) is 2.91. The van der Waals surface area contributed by atoms with E-state index < -0.39 is 0 Å². The number of aromatic nitrogens is 3. The van der Waals surface area contributed by atoms with Gasteiger partial charge >= 0.3 is 0 Å². The third kappa shape index (κ3) is 2.74. The minimum Gasteiger partial charge on any atom is -0.370 e. The zero-order chi connectivity index (χ0) is 14.8. The minimum atomic E-state index is 0.687. The second kappa shape index (κ2) is 5.77. The van der Waals surface area contributed by atoms with Gasteiger partial charge in [-0.05, 0) is 44.0 Å². The van der Waals surface area contributed by atoms with Crippen LogP contribution in [0.4, 0.5) is 5.82 Å². The van der Waals surface area contributed by atoms with Crippen molar-refractivity contribution in [3.63, 3.8) is 0 Å². The van der Waals surface area contributed by atoms with E-state index in [1.807, 2.05) is 12.1 Å². The summed E-state index contributed by atoms with van der Waals surface area (Å²) in [4.78, 5) is 16.1. The summed E-state index contributed by atoms with van der Waals surface area (Å²) in [6.07, 6.45) is 2.82. The fraction of sp³-hybridized carbons (Fsp3) is 0.312. The van der Waals surface area contributed by atoms with Gasteiger partial charge in [0.1, 0.15) is 16.3 Å². The van der Waals surface area contributed by atoms with Gasteiger partial charge in [0.15, 0.2) is 5.82 Å². The predicted molar refractivity (Wildman–Crippen MR) is 88.9 cm³/mol. The molecule has 1 N–H and O–H groups in total. The Morgan fingerprint density at radius 1 is 1.19 bits per heavy atom. The van der Waals surface area contributed by atoms with Gasteiger partial charge in [0.2, 0.25) is 0 Å². The number of hydrogen-bond donors (Lipinski definition) is 1. The molecule has 0 aliphatic heterocycles. The molecule has 0 atom stereocenters. The van der Waals surface area contributed by atoms with E-state index in [0.717, 1.165) is 40.3 Å². The molecule has 4 nitrogen and oxygen atoms in total. The maximum Gasteiger partial charge on any atom is 0.181 e. The first-order valence-corrected chi connectivity index (χ1v) is 8.00. The Hall–Kier alpha value is -2.01. The molecule has 0 amide bonds. The molecule has 0 spiro atoms. The van der Waals surface area contributed by atoms with Crippen molar-refractivity contribution in [3.05, 3.63) is 34.8 Å². The molecule has 3 aromatic rings. The zero-order valence-corrected chi connectivity index (χ0v) is 13.3. The average molecular weight is 298 g/mol. The van der Waals surface area contributed by atoms with Crippen LogP contribution in [0.2, 0.25) is 0 Å². The van der Waals surface area contributed by atoms with E-state index in [-0.39, 0.29) is 0 Å². The summed E-state index contributed by atoms with van der Waals surface area (Å²) in [5, 5.41) is 4.45. The van der Waals surface area contributed by atoms with Crippen molar-refractivity contribution >= 4 is 27.4 Å². The Balaban J connectivity index is 2.19. The summed E-state index contributed by atoms with van der Waals surface area (Å²) in [6, 6.07) is 6.18. The summed E-state index contributed by atoms with van der Waals surface area (Å²) in [5.41, 5.74) is 1.98. The largest absolute Gasteiger partial charge is 0.370 e. The molecule has 0 bridgehead atoms. The van der Waals surface area contributed by atoms with E-state index in [2.05, 4.69) is 42.1 Å². The van der Waals surface area contributed by atoms with Crippen LogP contribution in [0.1, 0.15) is 24.3 Å². The van der Waals surface area contributed by atoms with Crippen LogP contribution in [0.25, 0.3) is 21.7 Å². The molecule has 0 saturated heterocycles. The number of aryl methyl sites for hydroxylation is 2. The number of anilines is 1. The van der Waals surface area contributed by atoms with Crippen LogP contribution in [-0.2, 0) is 6.42 Å². The van der Waals surface area contributed by atoms with Crippen LogP contribution in [0.3, 0.4) is 0 Å². The number of thiophene rings is 1. The SMILES string of the molecule is CCNc1nc(-c2cc(C)ccn2)nc2sc(CC)cc12. The van der Waals surface area contributed by atoms with E-state index in [0.29, 0.717) is 5.82 Å². The van der Waals surface area contributed by atoms with Crippen LogP contribution in [-0.4, -0.2) is 21.5 Å². The van der Waals surface area contributed by atoms with Crippen molar-refractivity contribution in [2.45, 2.75) is 27.2 Å². The highest BCUT2D eigenvalue weighted by atomic mass is 32.1. The normalized spacial score (nSPS) is 11.0. The van der Waals surface area contributed by atoms with E-state index in [9.17, 15) is 0 Å². The molecule has 0 saturated carbocycles. The first-order chi connectivity index (χ1) is 10.2. The lowest BCUT2D eigenvalue weighted by Crippen LogP contribution is -2.02. The third-order valence-corrected chi connectivity index (χ3v) is 4.45. The molecular formula is C16H18N4S. The molecule has 3 rings (SSSR count). The quantitative estimate of drug-likeness (QED) is 0.789.